The van der Waals surface area contributed by atoms with Crippen molar-refractivity contribution in [1.29, 1.82) is 0 Å². The lowest BCUT2D eigenvalue weighted by Crippen LogP contribution is -2.54. The summed E-state index contributed by atoms with van der Waals surface area (Å²) in [4.78, 5) is 16.0. The van der Waals surface area contributed by atoms with Gasteiger partial charge in [-0.15, -0.1) is 0 Å². The molecule has 0 radical (unpaired) electrons. The number of fused-ring (bicyclic) bond motifs is 5. The number of carbonyl (C=O) groups excluding carboxylic acids is 1. The quantitative estimate of drug-likeness (QED) is 0.578. The number of rotatable bonds is 3. The van der Waals surface area contributed by atoms with Gasteiger partial charge >= 0.3 is 10.4 Å². The van der Waals surface area contributed by atoms with Crippen molar-refractivity contribution in [2.75, 3.05) is 0 Å². The van der Waals surface area contributed by atoms with Crippen LogP contribution < -0.4 is 0 Å². The highest BCUT2D eigenvalue weighted by Gasteiger charge is 2.60. The largest absolute Gasteiger partial charge is 0.397 e. The fraction of sp³-hybridized carbons (Fsp3) is 0.769. The Bertz CT molecular complexity index is 911. The van der Waals surface area contributed by atoms with E-state index in [2.05, 4.69) is 18.8 Å². The van der Waals surface area contributed by atoms with E-state index < -0.39 is 10.4 Å². The number of nitrogens with zero attached hydrogens (tertiary/aromatic N) is 1. The molecule has 0 spiro atoms. The monoisotopic (exact) mass is 477 g/mol. The highest BCUT2D eigenvalue weighted by Crippen LogP contribution is 2.67. The van der Waals surface area contributed by atoms with Gasteiger partial charge in [0.2, 0.25) is 0 Å². The molecule has 0 bridgehead atoms. The number of pyridine rings is 1. The van der Waals surface area contributed by atoms with Crippen molar-refractivity contribution in [1.82, 2.24) is 4.98 Å². The molecule has 1 aromatic heterocycles. The van der Waals surface area contributed by atoms with Gasteiger partial charge in [0.25, 0.3) is 0 Å². The van der Waals surface area contributed by atoms with Crippen LogP contribution in [0.25, 0.3) is 0 Å². The van der Waals surface area contributed by atoms with E-state index in [4.69, 9.17) is 8.74 Å². The maximum Gasteiger partial charge on any atom is 0.397 e. The molecule has 6 nitrogen and oxygen atoms in total. The maximum absolute atomic E-state index is 12.2. The Kier molecular flexibility index (Phi) is 7.05. The van der Waals surface area contributed by atoms with E-state index in [0.717, 1.165) is 32.1 Å². The van der Waals surface area contributed by atoms with Gasteiger partial charge in [-0.2, -0.15) is 8.42 Å². The zero-order valence-electron chi connectivity index (χ0n) is 20.2. The molecule has 0 amide bonds. The van der Waals surface area contributed by atoms with Crippen LogP contribution in [0.15, 0.2) is 30.6 Å². The zero-order valence-corrected chi connectivity index (χ0v) is 21.0. The number of hydrogen-bond donors (Lipinski definition) is 1. The van der Waals surface area contributed by atoms with Crippen LogP contribution in [0.1, 0.15) is 78.6 Å². The summed E-state index contributed by atoms with van der Waals surface area (Å²) in [5.74, 6) is 3.12. The Labute approximate surface area is 198 Å². The molecule has 5 rings (SSSR count). The molecule has 1 heterocycles. The predicted octanol–water partition coefficient (Wildman–Crippen LogP) is 5.50. The van der Waals surface area contributed by atoms with Gasteiger partial charge in [-0.25, -0.2) is 4.18 Å². The molecule has 0 unspecified atom stereocenters. The second-order valence-corrected chi connectivity index (χ2v) is 12.4. The molecule has 0 aromatic carbocycles. The summed E-state index contributed by atoms with van der Waals surface area (Å²) >= 11 is 0. The summed E-state index contributed by atoms with van der Waals surface area (Å²) in [6.45, 7) is 6.57. The van der Waals surface area contributed by atoms with Gasteiger partial charge in [-0.1, -0.05) is 19.9 Å². The van der Waals surface area contributed by atoms with E-state index in [-0.39, 0.29) is 22.9 Å². The molecule has 7 heteroatoms. The van der Waals surface area contributed by atoms with Crippen LogP contribution in [0.5, 0.6) is 0 Å². The van der Waals surface area contributed by atoms with Gasteiger partial charge in [0.05, 0.1) is 6.10 Å². The van der Waals surface area contributed by atoms with Crippen LogP contribution >= 0.6 is 0 Å². The van der Waals surface area contributed by atoms with Gasteiger partial charge in [-0.05, 0) is 111 Å². The second-order valence-electron chi connectivity index (χ2n) is 11.4. The summed E-state index contributed by atoms with van der Waals surface area (Å²) in [7, 11) is -4.37. The number of carbonyl (C=O) groups is 1. The molecule has 4 fully saturated rings. The minimum Gasteiger partial charge on any atom is -0.300 e. The van der Waals surface area contributed by atoms with Crippen molar-refractivity contribution in [3.05, 3.63) is 30.6 Å². The van der Waals surface area contributed by atoms with Crippen LogP contribution in [-0.2, 0) is 19.4 Å². The third-order valence-electron chi connectivity index (χ3n) is 9.93. The van der Waals surface area contributed by atoms with Crippen LogP contribution in [0.2, 0.25) is 0 Å². The average Bonchev–Trinajstić information content (AvgIpc) is 3.12. The van der Waals surface area contributed by atoms with Gasteiger partial charge in [0.1, 0.15) is 5.78 Å². The normalized spacial score (nSPS) is 42.2. The Hall–Kier alpha value is -1.31. The van der Waals surface area contributed by atoms with E-state index in [1.165, 1.54) is 19.3 Å². The Morgan fingerprint density at radius 2 is 1.61 bits per heavy atom. The lowest BCUT2D eigenvalue weighted by Gasteiger charge is -2.61. The van der Waals surface area contributed by atoms with E-state index >= 15 is 0 Å². The molecule has 33 heavy (non-hydrogen) atoms. The van der Waals surface area contributed by atoms with Crippen LogP contribution in [0, 0.1) is 40.4 Å². The highest BCUT2D eigenvalue weighted by molar-refractivity contribution is 7.80. The minimum atomic E-state index is -4.37. The molecule has 0 saturated heterocycles. The first-order valence-corrected chi connectivity index (χ1v) is 13.9. The molecule has 4 aliphatic carbocycles. The molecule has 184 valence electrons. The molecule has 0 aliphatic heterocycles. The molecule has 8 atom stereocenters. The number of hydrogen-bond acceptors (Lipinski definition) is 5. The molecule has 1 N–H and O–H groups in total. The van der Waals surface area contributed by atoms with Crippen molar-refractivity contribution in [2.45, 2.75) is 84.7 Å². The molecule has 4 saturated carbocycles. The topological polar surface area (TPSA) is 93.6 Å². The van der Waals surface area contributed by atoms with E-state index in [0.29, 0.717) is 35.9 Å². The number of ketones is 1. The lowest BCUT2D eigenvalue weighted by molar-refractivity contribution is -0.137. The standard InChI is InChI=1S/C21H34O5S.C5H5N/c1-13(22)17-6-7-18-16-5-4-14-12-15(26-27(23,24)25)8-10-20(14,2)19(16)9-11-21(17,18)3;1-2-4-6-5-3-1/h14-19H,4-12H2,1-3H3,(H,23,24,25);1-5H/t14-,15-,16-,17+,18-,19-,20-,21+;/m0./s1. The Balaban J connectivity index is 0.000000376. The first-order chi connectivity index (χ1) is 15.5. The van der Waals surface area contributed by atoms with Gasteiger partial charge < -0.3 is 0 Å². The summed E-state index contributed by atoms with van der Waals surface area (Å²) < 4.78 is 36.2. The summed E-state index contributed by atoms with van der Waals surface area (Å²) in [5.41, 5.74) is 0.416. The predicted molar refractivity (Wildman–Crippen MR) is 127 cm³/mol. The second kappa shape index (κ2) is 9.38. The smallest absolute Gasteiger partial charge is 0.300 e. The van der Waals surface area contributed by atoms with E-state index in [1.807, 2.05) is 18.2 Å². The maximum atomic E-state index is 12.2. The van der Waals surface area contributed by atoms with Crippen molar-refractivity contribution < 1.29 is 21.9 Å². The first kappa shape index (κ1) is 24.8. The van der Waals surface area contributed by atoms with Crippen LogP contribution in [0.3, 0.4) is 0 Å². The van der Waals surface area contributed by atoms with Crippen molar-refractivity contribution in [3.63, 3.8) is 0 Å². The zero-order chi connectivity index (χ0) is 23.9. The summed E-state index contributed by atoms with van der Waals surface area (Å²) in [6.07, 6.45) is 12.4. The summed E-state index contributed by atoms with van der Waals surface area (Å²) in [6, 6.07) is 5.72. The first-order valence-electron chi connectivity index (χ1n) is 12.6. The SMILES string of the molecule is CC(=O)[C@H]1CC[C@H]2[C@@H]3CC[C@H]4C[C@@H](OS(=O)(=O)O)CC[C@]4(C)[C@H]3CC[C@]12C.c1ccncc1. The number of aromatic nitrogens is 1. The Morgan fingerprint density at radius 3 is 2.18 bits per heavy atom. The molecular formula is C26H39NO5S. The fourth-order valence-electron chi connectivity index (χ4n) is 8.46. The summed E-state index contributed by atoms with van der Waals surface area (Å²) in [5, 5.41) is 0. The third kappa shape index (κ3) is 4.92. The minimum absolute atomic E-state index is 0.182. The van der Waals surface area contributed by atoms with Crippen LogP contribution in [-0.4, -0.2) is 29.8 Å². The van der Waals surface area contributed by atoms with Gasteiger partial charge in [0, 0.05) is 18.3 Å². The average molecular weight is 478 g/mol. The van der Waals surface area contributed by atoms with Crippen molar-refractivity contribution in [2.24, 2.45) is 40.4 Å². The Morgan fingerprint density at radius 1 is 0.939 bits per heavy atom. The van der Waals surface area contributed by atoms with Crippen LogP contribution in [0.4, 0.5) is 0 Å². The van der Waals surface area contributed by atoms with E-state index in [1.54, 1.807) is 19.3 Å². The van der Waals surface area contributed by atoms with Crippen molar-refractivity contribution >= 4 is 16.2 Å². The van der Waals surface area contributed by atoms with Gasteiger partial charge in [0.15, 0.2) is 0 Å². The molecule has 1 aromatic rings. The fourth-order valence-corrected chi connectivity index (χ4v) is 8.98. The van der Waals surface area contributed by atoms with E-state index in [9.17, 15) is 13.2 Å². The molecular weight excluding hydrogens is 438 g/mol. The number of Topliss-reactive ketones (excluding diaryl/α,β-unsaturated/α-hetero) is 1. The molecule has 4 aliphatic rings. The third-order valence-corrected chi connectivity index (χ3v) is 10.4. The highest BCUT2D eigenvalue weighted by atomic mass is 32.3. The van der Waals surface area contributed by atoms with Gasteiger partial charge in [-0.3, -0.25) is 14.3 Å². The lowest BCUT2D eigenvalue weighted by atomic mass is 9.44. The van der Waals surface area contributed by atoms with Crippen molar-refractivity contribution in [3.8, 4) is 0 Å².